The maximum Gasteiger partial charge on any atom is 0.234 e. The number of anilines is 1. The Morgan fingerprint density at radius 1 is 1.40 bits per heavy atom. The zero-order chi connectivity index (χ0) is 18.0. The van der Waals surface area contributed by atoms with Crippen molar-refractivity contribution in [2.24, 2.45) is 0 Å². The molecule has 3 rings (SSSR count). The van der Waals surface area contributed by atoms with Gasteiger partial charge in [0.2, 0.25) is 5.91 Å². The average molecular weight is 392 g/mol. The number of aromatic nitrogens is 1. The largest absolute Gasteiger partial charge is 0.324 e. The Kier molecular flexibility index (Phi) is 5.53. The highest BCUT2D eigenvalue weighted by atomic mass is 35.5. The summed E-state index contributed by atoms with van der Waals surface area (Å²) in [6.07, 6.45) is 2.97. The van der Waals surface area contributed by atoms with Gasteiger partial charge >= 0.3 is 0 Å². The van der Waals surface area contributed by atoms with Crippen molar-refractivity contribution in [2.45, 2.75) is 31.2 Å². The molecule has 0 bridgehead atoms. The molecule has 128 valence electrons. The van der Waals surface area contributed by atoms with Crippen molar-refractivity contribution in [3.63, 3.8) is 0 Å². The Hall–Kier alpha value is -1.74. The van der Waals surface area contributed by atoms with Gasteiger partial charge in [0, 0.05) is 5.69 Å². The number of amides is 1. The first-order chi connectivity index (χ1) is 12.0. The van der Waals surface area contributed by atoms with Crippen LogP contribution >= 0.6 is 35.0 Å². The predicted molar refractivity (Wildman–Crippen MR) is 102 cm³/mol. The molecule has 7 heteroatoms. The van der Waals surface area contributed by atoms with E-state index in [9.17, 15) is 10.1 Å². The quantitative estimate of drug-likeness (QED) is 0.760. The highest BCUT2D eigenvalue weighted by molar-refractivity contribution is 8.00. The maximum atomic E-state index is 12.2. The summed E-state index contributed by atoms with van der Waals surface area (Å²) in [6, 6.07) is 7.30. The van der Waals surface area contributed by atoms with E-state index in [1.165, 1.54) is 17.3 Å². The van der Waals surface area contributed by atoms with Gasteiger partial charge in [0.05, 0.1) is 27.0 Å². The number of aryl methyl sites for hydroxylation is 1. The molecule has 0 fully saturated rings. The Morgan fingerprint density at radius 2 is 2.20 bits per heavy atom. The van der Waals surface area contributed by atoms with Gasteiger partial charge in [0.1, 0.15) is 11.1 Å². The molecule has 25 heavy (non-hydrogen) atoms. The van der Waals surface area contributed by atoms with Crippen molar-refractivity contribution in [3.05, 3.63) is 50.6 Å². The minimum Gasteiger partial charge on any atom is -0.324 e. The minimum atomic E-state index is -0.224. The summed E-state index contributed by atoms with van der Waals surface area (Å²) in [7, 11) is 0. The number of nitriles is 1. The van der Waals surface area contributed by atoms with Gasteiger partial charge in [0.25, 0.3) is 0 Å². The van der Waals surface area contributed by atoms with Crippen molar-refractivity contribution in [1.82, 2.24) is 4.98 Å². The van der Waals surface area contributed by atoms with Gasteiger partial charge in [-0.2, -0.15) is 5.26 Å². The molecule has 1 aromatic carbocycles. The number of rotatable bonds is 4. The molecule has 1 aromatic heterocycles. The van der Waals surface area contributed by atoms with Gasteiger partial charge in [-0.05, 0) is 49.4 Å². The van der Waals surface area contributed by atoms with Crippen LogP contribution in [0.25, 0.3) is 0 Å². The third kappa shape index (κ3) is 3.77. The molecule has 0 aliphatic heterocycles. The fourth-order valence-corrected chi connectivity index (χ4v) is 4.11. The lowest BCUT2D eigenvalue weighted by atomic mass is 10.0. The molecule has 0 unspecified atom stereocenters. The molecule has 1 aliphatic rings. The molecular formula is C18H15Cl2N3OS. The number of carbonyl (C=O) groups excluding carboxylic acids is 1. The van der Waals surface area contributed by atoms with Crippen LogP contribution in [-0.2, 0) is 17.6 Å². The van der Waals surface area contributed by atoms with E-state index in [-0.39, 0.29) is 11.7 Å². The van der Waals surface area contributed by atoms with Crippen molar-refractivity contribution in [1.29, 1.82) is 5.26 Å². The smallest absolute Gasteiger partial charge is 0.234 e. The fraction of sp³-hybridized carbons (Fsp3) is 0.278. The van der Waals surface area contributed by atoms with Crippen molar-refractivity contribution in [3.8, 4) is 6.07 Å². The number of carbonyl (C=O) groups is 1. The Labute approximate surface area is 160 Å². The second kappa shape index (κ2) is 7.65. The first-order valence-electron chi connectivity index (χ1n) is 7.80. The van der Waals surface area contributed by atoms with Crippen LogP contribution in [0.5, 0.6) is 0 Å². The maximum absolute atomic E-state index is 12.2. The molecule has 1 heterocycles. The summed E-state index contributed by atoms with van der Waals surface area (Å²) in [5, 5.41) is 13.5. The van der Waals surface area contributed by atoms with E-state index in [1.807, 2.05) is 6.92 Å². The number of nitrogens with zero attached hydrogens (tertiary/aromatic N) is 2. The number of thioether (sulfide) groups is 1. The van der Waals surface area contributed by atoms with E-state index in [1.54, 1.807) is 18.2 Å². The number of halogens is 2. The molecule has 1 aliphatic carbocycles. The number of hydrogen-bond donors (Lipinski definition) is 1. The predicted octanol–water partition coefficient (Wildman–Crippen LogP) is 4.79. The summed E-state index contributed by atoms with van der Waals surface area (Å²) in [5.41, 5.74) is 4.27. The van der Waals surface area contributed by atoms with Crippen LogP contribution in [-0.4, -0.2) is 16.6 Å². The van der Waals surface area contributed by atoms with Crippen LogP contribution in [0.3, 0.4) is 0 Å². The van der Waals surface area contributed by atoms with Gasteiger partial charge in [0.15, 0.2) is 0 Å². The Balaban J connectivity index is 1.74. The van der Waals surface area contributed by atoms with Crippen LogP contribution < -0.4 is 5.32 Å². The molecule has 0 spiro atoms. The van der Waals surface area contributed by atoms with E-state index in [0.29, 0.717) is 26.3 Å². The first kappa shape index (κ1) is 18.1. The molecule has 0 saturated carbocycles. The van der Waals surface area contributed by atoms with Gasteiger partial charge in [-0.25, -0.2) is 4.98 Å². The molecule has 1 N–H and O–H groups in total. The van der Waals surface area contributed by atoms with Crippen LogP contribution in [0.15, 0.2) is 23.2 Å². The molecule has 0 atom stereocenters. The lowest BCUT2D eigenvalue weighted by Gasteiger charge is -2.11. The first-order valence-corrected chi connectivity index (χ1v) is 9.54. The van der Waals surface area contributed by atoms with Crippen LogP contribution in [0, 0.1) is 18.3 Å². The second-order valence-electron chi connectivity index (χ2n) is 5.75. The topological polar surface area (TPSA) is 65.8 Å². The van der Waals surface area contributed by atoms with Crippen LogP contribution in [0.2, 0.25) is 10.0 Å². The number of fused-ring (bicyclic) bond motifs is 1. The lowest BCUT2D eigenvalue weighted by Crippen LogP contribution is -2.15. The van der Waals surface area contributed by atoms with Gasteiger partial charge < -0.3 is 5.32 Å². The Bertz CT molecular complexity index is 893. The zero-order valence-electron chi connectivity index (χ0n) is 13.5. The van der Waals surface area contributed by atoms with E-state index < -0.39 is 0 Å². The van der Waals surface area contributed by atoms with Crippen molar-refractivity contribution >= 4 is 46.6 Å². The van der Waals surface area contributed by atoms with Gasteiger partial charge in [-0.15, -0.1) is 0 Å². The molecular weight excluding hydrogens is 377 g/mol. The third-order valence-corrected chi connectivity index (χ3v) is 5.94. The zero-order valence-corrected chi connectivity index (χ0v) is 15.9. The van der Waals surface area contributed by atoms with Crippen molar-refractivity contribution < 1.29 is 4.79 Å². The van der Waals surface area contributed by atoms with Gasteiger partial charge in [-0.1, -0.05) is 41.0 Å². The highest BCUT2D eigenvalue weighted by Gasteiger charge is 2.21. The SMILES string of the molecule is Cc1c(C#N)c(SCC(=O)Nc2cccc(Cl)c2Cl)nc2c1CCC2. The summed E-state index contributed by atoms with van der Waals surface area (Å²) < 4.78 is 0. The number of nitrogens with one attached hydrogen (secondary N) is 1. The molecule has 1 amide bonds. The summed E-state index contributed by atoms with van der Waals surface area (Å²) >= 11 is 13.3. The third-order valence-electron chi connectivity index (χ3n) is 4.14. The van der Waals surface area contributed by atoms with Crippen LogP contribution in [0.4, 0.5) is 5.69 Å². The molecule has 2 aromatic rings. The minimum absolute atomic E-state index is 0.142. The molecule has 0 saturated heterocycles. The van der Waals surface area contributed by atoms with Crippen molar-refractivity contribution in [2.75, 3.05) is 11.1 Å². The number of hydrogen-bond acceptors (Lipinski definition) is 4. The Morgan fingerprint density at radius 3 is 2.96 bits per heavy atom. The van der Waals surface area contributed by atoms with E-state index in [2.05, 4.69) is 16.4 Å². The monoisotopic (exact) mass is 391 g/mol. The lowest BCUT2D eigenvalue weighted by molar-refractivity contribution is -0.113. The van der Waals surface area contributed by atoms with E-state index >= 15 is 0 Å². The number of benzene rings is 1. The average Bonchev–Trinajstić information content (AvgIpc) is 3.06. The van der Waals surface area contributed by atoms with E-state index in [0.717, 1.165) is 30.5 Å². The fourth-order valence-electron chi connectivity index (χ4n) is 2.90. The number of pyridine rings is 1. The standard InChI is InChI=1S/C18H15Cl2N3OS/c1-10-11-4-2-6-14(11)23-18(12(10)8-21)25-9-16(24)22-15-7-3-5-13(19)17(15)20/h3,5,7H,2,4,6,9H2,1H3,(H,22,24). The second-order valence-corrected chi connectivity index (χ2v) is 7.50. The van der Waals surface area contributed by atoms with Crippen LogP contribution in [0.1, 0.15) is 28.8 Å². The van der Waals surface area contributed by atoms with E-state index in [4.69, 9.17) is 23.2 Å². The van der Waals surface area contributed by atoms with Gasteiger partial charge in [-0.3, -0.25) is 4.79 Å². The summed E-state index contributed by atoms with van der Waals surface area (Å²) in [5.74, 6) is -0.0825. The molecule has 0 radical (unpaired) electrons. The highest BCUT2D eigenvalue weighted by Crippen LogP contribution is 2.32. The molecule has 4 nitrogen and oxygen atoms in total. The summed E-state index contributed by atoms with van der Waals surface area (Å²) in [6.45, 7) is 1.96. The normalized spacial score (nSPS) is 12.6. The summed E-state index contributed by atoms with van der Waals surface area (Å²) in [4.78, 5) is 16.8.